The van der Waals surface area contributed by atoms with Gasteiger partial charge < -0.3 is 0 Å². The van der Waals surface area contributed by atoms with Crippen molar-refractivity contribution in [3.05, 3.63) is 48.2 Å². The van der Waals surface area contributed by atoms with Gasteiger partial charge in [-0.15, -0.1) is 0 Å². The van der Waals surface area contributed by atoms with Gasteiger partial charge in [-0.3, -0.25) is 19.8 Å². The van der Waals surface area contributed by atoms with Crippen LogP contribution < -0.4 is 0 Å². The summed E-state index contributed by atoms with van der Waals surface area (Å²) >= 11 is 0. The van der Waals surface area contributed by atoms with E-state index in [1.54, 1.807) is 24.3 Å². The van der Waals surface area contributed by atoms with Crippen molar-refractivity contribution >= 4 is 21.4 Å². The number of nitrogens with zero attached hydrogens (tertiary/aromatic N) is 3. The normalized spacial score (nSPS) is 17.1. The Labute approximate surface area is 136 Å². The van der Waals surface area contributed by atoms with Gasteiger partial charge in [-0.1, -0.05) is 24.3 Å². The molecular weight excluding hydrogens is 334 g/mol. The molecule has 0 saturated heterocycles. The highest BCUT2D eigenvalue weighted by atomic mass is 32.2. The fourth-order valence-corrected chi connectivity index (χ4v) is 3.67. The first-order valence-electron chi connectivity index (χ1n) is 7.03. The fraction of sp³-hybridized carbons (Fsp3) is 0.214. The van der Waals surface area contributed by atoms with Gasteiger partial charge in [0.2, 0.25) is 15.6 Å². The first-order valence-corrected chi connectivity index (χ1v) is 8.57. The van der Waals surface area contributed by atoms with E-state index in [9.17, 15) is 18.0 Å². The number of sulfone groups is 1. The summed E-state index contributed by atoms with van der Waals surface area (Å²) in [5.74, 6) is -1.74. The molecule has 2 heterocycles. The lowest BCUT2D eigenvalue weighted by molar-refractivity contribution is -0.114. The minimum absolute atomic E-state index is 0.151. The summed E-state index contributed by atoms with van der Waals surface area (Å²) in [6, 6.07) is 1.27. The smallest absolute Gasteiger partial charge is 0.265 e. The zero-order chi connectivity index (χ0) is 17.2. The van der Waals surface area contributed by atoms with Crippen molar-refractivity contribution in [2.75, 3.05) is 0 Å². The highest BCUT2D eigenvalue weighted by molar-refractivity contribution is 7.92. The number of aromatic amines is 2. The largest absolute Gasteiger partial charge is 0.290 e. The number of rotatable bonds is 6. The second kappa shape index (κ2) is 6.32. The van der Waals surface area contributed by atoms with Crippen LogP contribution in [-0.4, -0.2) is 50.6 Å². The number of hydrogen-bond donors (Lipinski definition) is 2. The van der Waals surface area contributed by atoms with Gasteiger partial charge in [-0.05, 0) is 12.5 Å². The van der Waals surface area contributed by atoms with Crippen molar-refractivity contribution < 1.29 is 18.0 Å². The van der Waals surface area contributed by atoms with Gasteiger partial charge in [0.05, 0.1) is 11.7 Å². The molecular formula is C14H13N5O4S. The average Bonchev–Trinajstić information content (AvgIpc) is 3.27. The van der Waals surface area contributed by atoms with E-state index in [1.807, 2.05) is 0 Å². The topological polar surface area (TPSA) is 139 Å². The van der Waals surface area contributed by atoms with E-state index in [1.165, 1.54) is 6.07 Å². The Hall–Kier alpha value is -2.88. The molecule has 9 nitrogen and oxygen atoms in total. The molecule has 0 amide bonds. The minimum atomic E-state index is -3.65. The summed E-state index contributed by atoms with van der Waals surface area (Å²) in [7, 11) is -3.65. The molecule has 124 valence electrons. The number of hydrogen-bond acceptors (Lipinski definition) is 7. The summed E-state index contributed by atoms with van der Waals surface area (Å²) in [5.41, 5.74) is 0.238. The summed E-state index contributed by atoms with van der Waals surface area (Å²) in [5, 5.41) is 11.2. The van der Waals surface area contributed by atoms with E-state index in [0.717, 1.165) is 6.33 Å². The lowest BCUT2D eigenvalue weighted by atomic mass is 10.1. The van der Waals surface area contributed by atoms with E-state index in [-0.39, 0.29) is 23.0 Å². The van der Waals surface area contributed by atoms with Gasteiger partial charge in [0.1, 0.15) is 6.33 Å². The van der Waals surface area contributed by atoms with Crippen LogP contribution in [0.2, 0.25) is 0 Å². The molecule has 2 aromatic rings. The lowest BCUT2D eigenvalue weighted by Gasteiger charge is -2.11. The molecule has 1 aliphatic rings. The first kappa shape index (κ1) is 16.0. The van der Waals surface area contributed by atoms with E-state index in [2.05, 4.69) is 25.4 Å². The Bertz CT molecular complexity index is 924. The lowest BCUT2D eigenvalue weighted by Crippen LogP contribution is -2.20. The molecule has 10 heteroatoms. The zero-order valence-electron chi connectivity index (χ0n) is 12.3. The van der Waals surface area contributed by atoms with Crippen molar-refractivity contribution in [3.63, 3.8) is 0 Å². The molecule has 0 radical (unpaired) electrons. The van der Waals surface area contributed by atoms with Crippen molar-refractivity contribution in [2.24, 2.45) is 0 Å². The highest BCUT2D eigenvalue weighted by Gasteiger charge is 2.28. The fourth-order valence-electron chi connectivity index (χ4n) is 2.22. The summed E-state index contributed by atoms with van der Waals surface area (Å²) < 4.78 is 24.9. The highest BCUT2D eigenvalue weighted by Crippen LogP contribution is 2.21. The predicted molar refractivity (Wildman–Crippen MR) is 81.9 cm³/mol. The Morgan fingerprint density at radius 3 is 2.75 bits per heavy atom. The van der Waals surface area contributed by atoms with Crippen molar-refractivity contribution in [1.29, 1.82) is 0 Å². The Balaban J connectivity index is 1.74. The van der Waals surface area contributed by atoms with Crippen LogP contribution in [0.1, 0.15) is 22.7 Å². The van der Waals surface area contributed by atoms with Crippen molar-refractivity contribution in [3.8, 4) is 0 Å². The number of H-pyrrole nitrogens is 2. The van der Waals surface area contributed by atoms with Crippen molar-refractivity contribution in [1.82, 2.24) is 25.4 Å². The van der Waals surface area contributed by atoms with Crippen LogP contribution in [0.3, 0.4) is 0 Å². The molecule has 0 aromatic carbocycles. The number of carbonyl (C=O) groups excluding carboxylic acids is 2. The molecule has 0 aliphatic heterocycles. The Kier molecular flexibility index (Phi) is 4.21. The van der Waals surface area contributed by atoms with Gasteiger partial charge in [0.25, 0.3) is 5.78 Å². The molecule has 3 rings (SSSR count). The standard InChI is InChI=1S/C14H13N5O4S/c20-11(13(21)14-15-8-16-19-14)6-9-7-12(18-17-9)24(22,23)10-4-2-1-3-5-10/h1-4,7-8,10H,5-6H2,(H,17,18)(H,15,16,19). The molecule has 1 atom stereocenters. The van der Waals surface area contributed by atoms with Gasteiger partial charge >= 0.3 is 0 Å². The number of ketones is 2. The van der Waals surface area contributed by atoms with E-state index in [4.69, 9.17) is 0 Å². The molecule has 2 aromatic heterocycles. The molecule has 0 saturated carbocycles. The van der Waals surface area contributed by atoms with E-state index < -0.39 is 26.7 Å². The van der Waals surface area contributed by atoms with Gasteiger partial charge in [0.15, 0.2) is 10.9 Å². The zero-order valence-corrected chi connectivity index (χ0v) is 13.2. The second-order valence-corrected chi connectivity index (χ2v) is 7.24. The Morgan fingerprint density at radius 1 is 1.25 bits per heavy atom. The Morgan fingerprint density at radius 2 is 2.08 bits per heavy atom. The third kappa shape index (κ3) is 3.08. The average molecular weight is 347 g/mol. The molecule has 1 aliphatic carbocycles. The first-order chi connectivity index (χ1) is 11.5. The maximum Gasteiger partial charge on any atom is 0.265 e. The predicted octanol–water partition coefficient (Wildman–Crippen LogP) is 0.181. The number of carbonyl (C=O) groups is 2. The van der Waals surface area contributed by atoms with Gasteiger partial charge in [-0.2, -0.15) is 10.2 Å². The van der Waals surface area contributed by atoms with Crippen LogP contribution in [0.25, 0.3) is 0 Å². The molecule has 0 spiro atoms. The van der Waals surface area contributed by atoms with Crippen LogP contribution >= 0.6 is 0 Å². The van der Waals surface area contributed by atoms with E-state index in [0.29, 0.717) is 6.42 Å². The molecule has 0 bridgehead atoms. The van der Waals surface area contributed by atoms with Crippen LogP contribution in [0.15, 0.2) is 41.7 Å². The molecule has 2 N–H and O–H groups in total. The minimum Gasteiger partial charge on any atom is -0.290 e. The third-order valence-electron chi connectivity index (χ3n) is 3.47. The summed E-state index contributed by atoms with van der Waals surface area (Å²) in [6.45, 7) is 0. The third-order valence-corrected chi connectivity index (χ3v) is 5.41. The maximum absolute atomic E-state index is 12.5. The number of Topliss-reactive ketones (excluding diaryl/α,β-unsaturated/α-hetero) is 2. The number of aromatic nitrogens is 5. The SMILES string of the molecule is O=C(Cc1cc(S(=O)(=O)C2C=CC=CC2)n[nH]1)C(=O)c1ncn[nH]1. The summed E-state index contributed by atoms with van der Waals surface area (Å²) in [6.07, 6.45) is 7.96. The molecule has 24 heavy (non-hydrogen) atoms. The number of allylic oxidation sites excluding steroid dienone is 3. The van der Waals surface area contributed by atoms with Gasteiger partial charge in [-0.25, -0.2) is 13.4 Å². The van der Waals surface area contributed by atoms with Gasteiger partial charge in [0, 0.05) is 5.69 Å². The summed E-state index contributed by atoms with van der Waals surface area (Å²) in [4.78, 5) is 27.3. The quantitative estimate of drug-likeness (QED) is 0.561. The van der Waals surface area contributed by atoms with Crippen LogP contribution in [0.5, 0.6) is 0 Å². The van der Waals surface area contributed by atoms with Crippen LogP contribution in [0.4, 0.5) is 0 Å². The molecule has 0 fully saturated rings. The second-order valence-electron chi connectivity index (χ2n) is 5.13. The van der Waals surface area contributed by atoms with Crippen LogP contribution in [0, 0.1) is 0 Å². The number of nitrogens with one attached hydrogen (secondary N) is 2. The maximum atomic E-state index is 12.5. The monoisotopic (exact) mass is 347 g/mol. The molecule has 1 unspecified atom stereocenters. The van der Waals surface area contributed by atoms with Crippen LogP contribution in [-0.2, 0) is 21.1 Å². The van der Waals surface area contributed by atoms with E-state index >= 15 is 0 Å². The van der Waals surface area contributed by atoms with Crippen molar-refractivity contribution in [2.45, 2.75) is 23.1 Å².